The first-order valence-corrected chi connectivity index (χ1v) is 6.86. The molecule has 1 fully saturated rings. The van der Waals surface area contributed by atoms with Crippen LogP contribution < -0.4 is 5.73 Å². The van der Waals surface area contributed by atoms with Crippen LogP contribution in [0.4, 0.5) is 14.6 Å². The molecule has 0 aliphatic heterocycles. The van der Waals surface area contributed by atoms with Crippen LogP contribution in [-0.4, -0.2) is 26.8 Å². The largest absolute Gasteiger partial charge is 0.383 e. The Balaban J connectivity index is 1.87. The number of hydrogen-bond acceptors (Lipinski definition) is 4. The second-order valence-corrected chi connectivity index (χ2v) is 5.22. The van der Waals surface area contributed by atoms with Gasteiger partial charge < -0.3 is 10.6 Å². The zero-order chi connectivity index (χ0) is 15.7. The van der Waals surface area contributed by atoms with E-state index in [1.54, 1.807) is 0 Å². The topological polar surface area (TPSA) is 72.1 Å². The fourth-order valence-electron chi connectivity index (χ4n) is 2.24. The lowest BCUT2D eigenvalue weighted by Crippen LogP contribution is -2.33. The number of halogens is 2. The number of rotatable bonds is 4. The molecule has 1 saturated carbocycles. The average molecular weight is 304 g/mol. The van der Waals surface area contributed by atoms with Crippen LogP contribution in [-0.2, 0) is 6.54 Å². The maximum Gasteiger partial charge on any atom is 0.259 e. The molecule has 1 aromatic heterocycles. The summed E-state index contributed by atoms with van der Waals surface area (Å²) in [5.41, 5.74) is 6.15. The number of nitrogens with zero attached hydrogens (tertiary/aromatic N) is 3. The number of benzene rings is 1. The molecule has 7 heteroatoms. The van der Waals surface area contributed by atoms with Crippen molar-refractivity contribution in [2.24, 2.45) is 0 Å². The third kappa shape index (κ3) is 2.88. The highest BCUT2D eigenvalue weighted by Crippen LogP contribution is 2.30. The molecule has 0 saturated heterocycles. The quantitative estimate of drug-likeness (QED) is 0.939. The summed E-state index contributed by atoms with van der Waals surface area (Å²) in [5.74, 6) is -1.57. The van der Waals surface area contributed by atoms with Gasteiger partial charge in [0.2, 0.25) is 0 Å². The third-order valence-corrected chi connectivity index (χ3v) is 3.58. The summed E-state index contributed by atoms with van der Waals surface area (Å²) in [5, 5.41) is 0. The van der Waals surface area contributed by atoms with Crippen molar-refractivity contribution in [1.82, 2.24) is 14.9 Å². The van der Waals surface area contributed by atoms with Gasteiger partial charge in [0.1, 0.15) is 29.3 Å². The molecule has 1 aliphatic carbocycles. The first-order valence-electron chi connectivity index (χ1n) is 6.86. The Morgan fingerprint density at radius 3 is 2.77 bits per heavy atom. The predicted octanol–water partition coefficient (Wildman–Crippen LogP) is 2.14. The molecule has 22 heavy (non-hydrogen) atoms. The van der Waals surface area contributed by atoms with Crippen molar-refractivity contribution in [2.45, 2.75) is 25.4 Å². The lowest BCUT2D eigenvalue weighted by molar-refractivity contribution is 0.0728. The third-order valence-electron chi connectivity index (χ3n) is 3.58. The molecule has 1 aliphatic rings. The summed E-state index contributed by atoms with van der Waals surface area (Å²) in [6.45, 7) is 0.0595. The van der Waals surface area contributed by atoms with Gasteiger partial charge in [0.25, 0.3) is 5.91 Å². The summed E-state index contributed by atoms with van der Waals surface area (Å²) in [6.07, 6.45) is 4.30. The molecule has 1 heterocycles. The van der Waals surface area contributed by atoms with Crippen molar-refractivity contribution in [1.29, 1.82) is 0 Å². The number of nitrogen functional groups attached to an aromatic ring is 1. The van der Waals surface area contributed by atoms with Crippen molar-refractivity contribution in [3.05, 3.63) is 53.5 Å². The molecule has 0 radical (unpaired) electrons. The number of anilines is 1. The second-order valence-electron chi connectivity index (χ2n) is 5.22. The minimum Gasteiger partial charge on any atom is -0.383 e. The molecule has 114 valence electrons. The molecule has 0 spiro atoms. The van der Waals surface area contributed by atoms with Gasteiger partial charge in [-0.1, -0.05) is 6.07 Å². The molecule has 2 aromatic rings. The Morgan fingerprint density at radius 1 is 1.36 bits per heavy atom. The highest BCUT2D eigenvalue weighted by atomic mass is 19.1. The van der Waals surface area contributed by atoms with E-state index in [9.17, 15) is 13.6 Å². The summed E-state index contributed by atoms with van der Waals surface area (Å²) >= 11 is 0. The van der Waals surface area contributed by atoms with Crippen LogP contribution in [0.3, 0.4) is 0 Å². The second kappa shape index (κ2) is 5.67. The van der Waals surface area contributed by atoms with E-state index >= 15 is 0 Å². The molecule has 0 atom stereocenters. The normalized spacial score (nSPS) is 13.9. The van der Waals surface area contributed by atoms with Crippen LogP contribution in [0.25, 0.3) is 0 Å². The van der Waals surface area contributed by atoms with Crippen LogP contribution in [0.5, 0.6) is 0 Å². The standard InChI is InChI=1S/C15H14F2N4O/c16-10-2-1-9(13(17)5-10)7-21(11-3-4-11)15(22)12-6-19-8-20-14(12)18/h1-2,5-6,8,11H,3-4,7H2,(H2,18,19,20). The van der Waals surface area contributed by atoms with Crippen molar-refractivity contribution in [3.8, 4) is 0 Å². The first kappa shape index (κ1) is 14.4. The van der Waals surface area contributed by atoms with Gasteiger partial charge in [-0.15, -0.1) is 0 Å². The summed E-state index contributed by atoms with van der Waals surface area (Å²) in [6, 6.07) is 3.37. The minimum absolute atomic E-state index is 0.0385. The van der Waals surface area contributed by atoms with E-state index in [1.807, 2.05) is 0 Å². The molecular formula is C15H14F2N4O. The molecule has 2 N–H and O–H groups in total. The van der Waals surface area contributed by atoms with E-state index < -0.39 is 11.6 Å². The number of carbonyl (C=O) groups excluding carboxylic acids is 1. The van der Waals surface area contributed by atoms with E-state index in [2.05, 4.69) is 9.97 Å². The zero-order valence-electron chi connectivity index (χ0n) is 11.7. The van der Waals surface area contributed by atoms with Crippen LogP contribution in [0, 0.1) is 11.6 Å². The Hall–Kier alpha value is -2.57. The van der Waals surface area contributed by atoms with Crippen LogP contribution in [0.2, 0.25) is 0 Å². The van der Waals surface area contributed by atoms with Crippen molar-refractivity contribution < 1.29 is 13.6 Å². The molecule has 3 rings (SSSR count). The van der Waals surface area contributed by atoms with E-state index in [0.29, 0.717) is 0 Å². The number of aromatic nitrogens is 2. The van der Waals surface area contributed by atoms with Crippen molar-refractivity contribution in [3.63, 3.8) is 0 Å². The Kier molecular flexibility index (Phi) is 3.70. The molecule has 0 unspecified atom stereocenters. The lowest BCUT2D eigenvalue weighted by atomic mass is 10.1. The smallest absolute Gasteiger partial charge is 0.259 e. The number of nitrogens with two attached hydrogens (primary N) is 1. The molecular weight excluding hydrogens is 290 g/mol. The van der Waals surface area contributed by atoms with Gasteiger partial charge in [0, 0.05) is 30.4 Å². The number of carbonyl (C=O) groups is 1. The van der Waals surface area contributed by atoms with Gasteiger partial charge in [-0.25, -0.2) is 18.7 Å². The van der Waals surface area contributed by atoms with Gasteiger partial charge in [0.05, 0.1) is 0 Å². The average Bonchev–Trinajstić information content (AvgIpc) is 3.31. The maximum atomic E-state index is 13.8. The highest BCUT2D eigenvalue weighted by molar-refractivity contribution is 5.98. The van der Waals surface area contributed by atoms with Crippen LogP contribution >= 0.6 is 0 Å². The number of hydrogen-bond donors (Lipinski definition) is 1. The summed E-state index contributed by atoms with van der Waals surface area (Å²) < 4.78 is 26.8. The molecule has 5 nitrogen and oxygen atoms in total. The maximum absolute atomic E-state index is 13.8. The number of amides is 1. The first-order chi connectivity index (χ1) is 10.6. The SMILES string of the molecule is Nc1ncncc1C(=O)N(Cc1ccc(F)cc1F)C1CC1. The Bertz CT molecular complexity index is 718. The van der Waals surface area contributed by atoms with Crippen molar-refractivity contribution in [2.75, 3.05) is 5.73 Å². The van der Waals surface area contributed by atoms with E-state index in [4.69, 9.17) is 5.73 Å². The fourth-order valence-corrected chi connectivity index (χ4v) is 2.24. The van der Waals surface area contributed by atoms with E-state index in [1.165, 1.54) is 29.6 Å². The Morgan fingerprint density at radius 2 is 2.14 bits per heavy atom. The minimum atomic E-state index is -0.671. The van der Waals surface area contributed by atoms with Gasteiger partial charge in [-0.05, 0) is 18.9 Å². The van der Waals surface area contributed by atoms with E-state index in [-0.39, 0.29) is 35.4 Å². The molecule has 1 amide bonds. The monoisotopic (exact) mass is 304 g/mol. The van der Waals surface area contributed by atoms with Crippen LogP contribution in [0.15, 0.2) is 30.7 Å². The molecule has 1 aromatic carbocycles. The van der Waals surface area contributed by atoms with Crippen molar-refractivity contribution >= 4 is 11.7 Å². The van der Waals surface area contributed by atoms with E-state index in [0.717, 1.165) is 18.9 Å². The highest BCUT2D eigenvalue weighted by Gasteiger charge is 2.34. The van der Waals surface area contributed by atoms with Gasteiger partial charge >= 0.3 is 0 Å². The zero-order valence-corrected chi connectivity index (χ0v) is 11.7. The van der Waals surface area contributed by atoms with Gasteiger partial charge in [0.15, 0.2) is 0 Å². The molecule has 0 bridgehead atoms. The Labute approximate surface area is 125 Å². The van der Waals surface area contributed by atoms with Crippen LogP contribution in [0.1, 0.15) is 28.8 Å². The summed E-state index contributed by atoms with van der Waals surface area (Å²) in [7, 11) is 0. The van der Waals surface area contributed by atoms with Gasteiger partial charge in [-0.2, -0.15) is 0 Å². The van der Waals surface area contributed by atoms with Gasteiger partial charge in [-0.3, -0.25) is 4.79 Å². The predicted molar refractivity (Wildman–Crippen MR) is 75.7 cm³/mol. The summed E-state index contributed by atoms with van der Waals surface area (Å²) in [4.78, 5) is 21.7. The lowest BCUT2D eigenvalue weighted by Gasteiger charge is -2.23. The fraction of sp³-hybridized carbons (Fsp3) is 0.267.